The molecule has 0 aliphatic heterocycles. The molecule has 6 heteroatoms. The van der Waals surface area contributed by atoms with Gasteiger partial charge in [0.25, 0.3) is 0 Å². The molecule has 126 valence electrons. The molecule has 3 aromatic rings. The molecule has 0 aliphatic carbocycles. The summed E-state index contributed by atoms with van der Waals surface area (Å²) >= 11 is 6.18. The smallest absolute Gasteiger partial charge is 0.137 e. The summed E-state index contributed by atoms with van der Waals surface area (Å²) < 4.78 is 12.9. The number of fused-ring (bicyclic) bond motifs is 1. The van der Waals surface area contributed by atoms with Crippen LogP contribution in [0.1, 0.15) is 5.69 Å². The average Bonchev–Trinajstić information content (AvgIpc) is 2.91. The van der Waals surface area contributed by atoms with E-state index in [1.807, 2.05) is 55.0 Å². The summed E-state index contributed by atoms with van der Waals surface area (Å²) in [6.07, 6.45) is 1.89. The van der Waals surface area contributed by atoms with Crippen LogP contribution < -0.4 is 9.47 Å². The van der Waals surface area contributed by atoms with E-state index < -0.39 is 0 Å². The molecule has 0 N–H and O–H groups in total. The van der Waals surface area contributed by atoms with E-state index in [4.69, 9.17) is 26.1 Å². The first-order chi connectivity index (χ1) is 11.5. The maximum atomic E-state index is 6.18. The molecule has 0 bridgehead atoms. The van der Waals surface area contributed by atoms with Crippen molar-refractivity contribution in [3.05, 3.63) is 47.2 Å². The van der Waals surface area contributed by atoms with E-state index >= 15 is 0 Å². The maximum absolute atomic E-state index is 6.18. The molecule has 0 atom stereocenters. The fourth-order valence-electron chi connectivity index (χ4n) is 2.73. The van der Waals surface area contributed by atoms with Crippen LogP contribution in [0.25, 0.3) is 16.9 Å². The van der Waals surface area contributed by atoms with E-state index in [2.05, 4.69) is 4.90 Å². The number of ether oxygens (including phenoxy) is 2. The van der Waals surface area contributed by atoms with Crippen LogP contribution in [0, 0.1) is 0 Å². The average molecular weight is 346 g/mol. The third kappa shape index (κ3) is 3.05. The summed E-state index contributed by atoms with van der Waals surface area (Å²) in [7, 11) is 7.35. The predicted octanol–water partition coefficient (Wildman–Crippen LogP) is 3.73. The molecule has 0 fully saturated rings. The lowest BCUT2D eigenvalue weighted by molar-refractivity contribution is 0.395. The number of halogens is 1. The van der Waals surface area contributed by atoms with E-state index in [1.54, 1.807) is 14.2 Å². The maximum Gasteiger partial charge on any atom is 0.137 e. The number of nitrogens with zero attached hydrogens (tertiary/aromatic N) is 3. The highest BCUT2D eigenvalue weighted by molar-refractivity contribution is 6.30. The Bertz CT molecular complexity index is 874. The van der Waals surface area contributed by atoms with Crippen LogP contribution in [0.5, 0.6) is 11.5 Å². The summed E-state index contributed by atoms with van der Waals surface area (Å²) in [6.45, 7) is 0.719. The standard InChI is InChI=1S/C18H20ClN3O2/c1-21(2)11-15-18(20-17-8-5-12(19)10-22(15)17)14-9-13(23-3)6-7-16(14)24-4/h5-10H,11H2,1-4H3. The lowest BCUT2D eigenvalue weighted by Gasteiger charge is -2.14. The first-order valence-corrected chi connectivity index (χ1v) is 7.95. The zero-order chi connectivity index (χ0) is 17.3. The monoisotopic (exact) mass is 345 g/mol. The van der Waals surface area contributed by atoms with Gasteiger partial charge in [-0.2, -0.15) is 0 Å². The highest BCUT2D eigenvalue weighted by Gasteiger charge is 2.19. The molecule has 0 aliphatic rings. The second-order valence-electron chi connectivity index (χ2n) is 5.79. The molecular formula is C18H20ClN3O2. The third-order valence-corrected chi connectivity index (χ3v) is 4.03. The molecule has 3 rings (SSSR count). The fourth-order valence-corrected chi connectivity index (χ4v) is 2.89. The topological polar surface area (TPSA) is 39.0 Å². The van der Waals surface area contributed by atoms with Gasteiger partial charge in [0, 0.05) is 18.3 Å². The number of hydrogen-bond donors (Lipinski definition) is 0. The van der Waals surface area contributed by atoms with Crippen LogP contribution in [0.3, 0.4) is 0 Å². The zero-order valence-corrected chi connectivity index (χ0v) is 15.0. The highest BCUT2D eigenvalue weighted by atomic mass is 35.5. The largest absolute Gasteiger partial charge is 0.497 e. The van der Waals surface area contributed by atoms with E-state index in [-0.39, 0.29) is 0 Å². The van der Waals surface area contributed by atoms with E-state index in [1.165, 1.54) is 0 Å². The van der Waals surface area contributed by atoms with Gasteiger partial charge in [0.05, 0.1) is 30.6 Å². The van der Waals surface area contributed by atoms with E-state index in [9.17, 15) is 0 Å². The number of imidazole rings is 1. The fraction of sp³-hybridized carbons (Fsp3) is 0.278. The Morgan fingerprint density at radius 1 is 1.12 bits per heavy atom. The Morgan fingerprint density at radius 2 is 1.92 bits per heavy atom. The second-order valence-corrected chi connectivity index (χ2v) is 6.22. The van der Waals surface area contributed by atoms with Gasteiger partial charge in [-0.05, 0) is 44.4 Å². The van der Waals surface area contributed by atoms with Crippen LogP contribution in [0.4, 0.5) is 0 Å². The number of methoxy groups -OCH3 is 2. The lowest BCUT2D eigenvalue weighted by Crippen LogP contribution is -2.13. The number of benzene rings is 1. The van der Waals surface area contributed by atoms with Crippen molar-refractivity contribution in [3.63, 3.8) is 0 Å². The first kappa shape index (κ1) is 16.6. The Morgan fingerprint density at radius 3 is 2.58 bits per heavy atom. The molecular weight excluding hydrogens is 326 g/mol. The quantitative estimate of drug-likeness (QED) is 0.706. The Labute approximate surface area is 146 Å². The minimum absolute atomic E-state index is 0.670. The van der Waals surface area contributed by atoms with Crippen molar-refractivity contribution in [2.75, 3.05) is 28.3 Å². The molecule has 5 nitrogen and oxygen atoms in total. The van der Waals surface area contributed by atoms with Gasteiger partial charge in [0.2, 0.25) is 0 Å². The van der Waals surface area contributed by atoms with Crippen molar-refractivity contribution in [1.82, 2.24) is 14.3 Å². The van der Waals surface area contributed by atoms with Gasteiger partial charge < -0.3 is 18.8 Å². The van der Waals surface area contributed by atoms with Crippen LogP contribution in [-0.4, -0.2) is 42.6 Å². The number of pyridine rings is 1. The van der Waals surface area contributed by atoms with Crippen molar-refractivity contribution in [2.45, 2.75) is 6.54 Å². The molecule has 2 aromatic heterocycles. The van der Waals surface area contributed by atoms with E-state index in [0.29, 0.717) is 5.02 Å². The molecule has 0 radical (unpaired) electrons. The van der Waals surface area contributed by atoms with Crippen molar-refractivity contribution >= 4 is 17.2 Å². The Hall–Kier alpha value is -2.24. The Balaban J connectivity index is 2.29. The van der Waals surface area contributed by atoms with Crippen LogP contribution in [0.15, 0.2) is 36.5 Å². The SMILES string of the molecule is COc1ccc(OC)c(-c2nc3ccc(Cl)cn3c2CN(C)C)c1. The summed E-state index contributed by atoms with van der Waals surface area (Å²) in [5, 5.41) is 0.670. The normalized spacial score (nSPS) is 11.2. The number of aromatic nitrogens is 2. The van der Waals surface area contributed by atoms with Gasteiger partial charge in [-0.1, -0.05) is 11.6 Å². The number of hydrogen-bond acceptors (Lipinski definition) is 4. The van der Waals surface area contributed by atoms with Crippen molar-refractivity contribution in [2.24, 2.45) is 0 Å². The zero-order valence-electron chi connectivity index (χ0n) is 14.2. The van der Waals surface area contributed by atoms with Crippen molar-refractivity contribution in [3.8, 4) is 22.8 Å². The molecule has 2 heterocycles. The van der Waals surface area contributed by atoms with E-state index in [0.717, 1.165) is 40.6 Å². The third-order valence-electron chi connectivity index (χ3n) is 3.81. The van der Waals surface area contributed by atoms with Crippen molar-refractivity contribution < 1.29 is 9.47 Å². The molecule has 0 unspecified atom stereocenters. The van der Waals surface area contributed by atoms with Gasteiger partial charge in [-0.3, -0.25) is 0 Å². The first-order valence-electron chi connectivity index (χ1n) is 7.57. The minimum Gasteiger partial charge on any atom is -0.497 e. The summed E-state index contributed by atoms with van der Waals surface area (Å²) in [6, 6.07) is 9.47. The Kier molecular flexibility index (Phi) is 4.64. The lowest BCUT2D eigenvalue weighted by atomic mass is 10.1. The summed E-state index contributed by atoms with van der Waals surface area (Å²) in [4.78, 5) is 6.90. The van der Waals surface area contributed by atoms with Crippen LogP contribution in [-0.2, 0) is 6.54 Å². The van der Waals surface area contributed by atoms with Gasteiger partial charge in [-0.25, -0.2) is 4.98 Å². The minimum atomic E-state index is 0.670. The number of rotatable bonds is 5. The van der Waals surface area contributed by atoms with Crippen LogP contribution in [0.2, 0.25) is 5.02 Å². The van der Waals surface area contributed by atoms with Crippen LogP contribution >= 0.6 is 11.6 Å². The molecule has 24 heavy (non-hydrogen) atoms. The summed E-state index contributed by atoms with van der Waals surface area (Å²) in [5.74, 6) is 1.52. The second kappa shape index (κ2) is 6.71. The van der Waals surface area contributed by atoms with Gasteiger partial charge >= 0.3 is 0 Å². The van der Waals surface area contributed by atoms with Gasteiger partial charge in [-0.15, -0.1) is 0 Å². The van der Waals surface area contributed by atoms with Crippen molar-refractivity contribution in [1.29, 1.82) is 0 Å². The van der Waals surface area contributed by atoms with Gasteiger partial charge in [0.15, 0.2) is 0 Å². The van der Waals surface area contributed by atoms with Gasteiger partial charge in [0.1, 0.15) is 17.1 Å². The molecule has 0 amide bonds. The molecule has 0 saturated heterocycles. The molecule has 0 saturated carbocycles. The molecule has 0 spiro atoms. The molecule has 1 aromatic carbocycles. The predicted molar refractivity (Wildman–Crippen MR) is 96.1 cm³/mol. The highest BCUT2D eigenvalue weighted by Crippen LogP contribution is 2.36. The summed E-state index contributed by atoms with van der Waals surface area (Å²) in [5.41, 5.74) is 3.65.